The zero-order valence-corrected chi connectivity index (χ0v) is 11.8. The number of aromatic nitrogens is 3. The van der Waals surface area contributed by atoms with Gasteiger partial charge in [0.05, 0.1) is 18.2 Å². The molecule has 1 aliphatic rings. The van der Waals surface area contributed by atoms with Crippen molar-refractivity contribution in [3.05, 3.63) is 47.0 Å². The lowest BCUT2D eigenvalue weighted by Gasteiger charge is -2.20. The lowest BCUT2D eigenvalue weighted by atomic mass is 10.0. The van der Waals surface area contributed by atoms with E-state index >= 15 is 0 Å². The first-order valence-corrected chi connectivity index (χ1v) is 7.19. The molecule has 0 aliphatic carbocycles. The van der Waals surface area contributed by atoms with E-state index in [9.17, 15) is 18.3 Å². The average Bonchev–Trinajstić information content (AvgIpc) is 2.88. The molecule has 0 amide bonds. The van der Waals surface area contributed by atoms with Gasteiger partial charge >= 0.3 is 6.18 Å². The van der Waals surface area contributed by atoms with Crippen molar-refractivity contribution in [2.75, 3.05) is 6.61 Å². The molecule has 3 rings (SSSR count). The zero-order chi connectivity index (χ0) is 15.7. The largest absolute Gasteiger partial charge is 0.416 e. The molecule has 22 heavy (non-hydrogen) atoms. The molecular weight excluding hydrogens is 295 g/mol. The van der Waals surface area contributed by atoms with Crippen molar-refractivity contribution in [3.63, 3.8) is 0 Å². The highest BCUT2D eigenvalue weighted by molar-refractivity contribution is 5.31. The molecule has 0 saturated heterocycles. The van der Waals surface area contributed by atoms with Crippen LogP contribution in [0.25, 0.3) is 0 Å². The Hall–Kier alpha value is -1.89. The third kappa shape index (κ3) is 2.85. The van der Waals surface area contributed by atoms with Crippen molar-refractivity contribution in [1.29, 1.82) is 0 Å². The Morgan fingerprint density at radius 2 is 2.05 bits per heavy atom. The Bertz CT molecular complexity index is 666. The summed E-state index contributed by atoms with van der Waals surface area (Å²) in [7, 11) is 0. The molecule has 2 aromatic rings. The molecule has 0 fully saturated rings. The van der Waals surface area contributed by atoms with Gasteiger partial charge in [0.2, 0.25) is 0 Å². The number of aliphatic hydroxyl groups is 1. The number of aliphatic hydroxyl groups excluding tert-OH is 1. The number of nitrogens with zero attached hydrogens (tertiary/aromatic N) is 3. The topological polar surface area (TPSA) is 50.9 Å². The molecular formula is C15H16F3N3O. The predicted octanol–water partition coefficient (Wildman–Crippen LogP) is 2.76. The van der Waals surface area contributed by atoms with Crippen LogP contribution < -0.4 is 0 Å². The third-order valence-corrected chi connectivity index (χ3v) is 3.91. The Morgan fingerprint density at radius 3 is 2.77 bits per heavy atom. The summed E-state index contributed by atoms with van der Waals surface area (Å²) in [6.07, 6.45) is -1.89. The first-order chi connectivity index (χ1) is 10.5. The second-order valence-corrected chi connectivity index (χ2v) is 5.45. The van der Waals surface area contributed by atoms with Gasteiger partial charge < -0.3 is 5.11 Å². The summed E-state index contributed by atoms with van der Waals surface area (Å²) in [5.41, 5.74) is -0.486. The van der Waals surface area contributed by atoms with Crippen molar-refractivity contribution in [2.24, 2.45) is 0 Å². The Balaban J connectivity index is 1.91. The second-order valence-electron chi connectivity index (χ2n) is 5.45. The number of benzene rings is 1. The highest BCUT2D eigenvalue weighted by Gasteiger charge is 2.33. The van der Waals surface area contributed by atoms with Gasteiger partial charge in [-0.05, 0) is 24.5 Å². The van der Waals surface area contributed by atoms with Gasteiger partial charge in [-0.3, -0.25) is 0 Å². The number of aryl methyl sites for hydroxylation is 1. The number of alkyl halides is 3. The van der Waals surface area contributed by atoms with Gasteiger partial charge in [-0.2, -0.15) is 18.3 Å². The van der Waals surface area contributed by atoms with Gasteiger partial charge in [-0.15, -0.1) is 0 Å². The minimum absolute atomic E-state index is 0.0328. The van der Waals surface area contributed by atoms with Crippen LogP contribution >= 0.6 is 0 Å². The second kappa shape index (κ2) is 5.72. The van der Waals surface area contributed by atoms with Crippen LogP contribution in [-0.4, -0.2) is 26.5 Å². The molecule has 1 atom stereocenters. The van der Waals surface area contributed by atoms with Crippen LogP contribution in [-0.2, 0) is 19.0 Å². The number of halogens is 3. The van der Waals surface area contributed by atoms with Crippen molar-refractivity contribution in [3.8, 4) is 0 Å². The van der Waals surface area contributed by atoms with Gasteiger partial charge in [0.1, 0.15) is 5.82 Å². The van der Waals surface area contributed by atoms with Crippen LogP contribution in [0.2, 0.25) is 0 Å². The number of rotatable bonds is 3. The van der Waals surface area contributed by atoms with Crippen LogP contribution in [0, 0.1) is 0 Å². The highest BCUT2D eigenvalue weighted by Crippen LogP contribution is 2.32. The lowest BCUT2D eigenvalue weighted by molar-refractivity contribution is -0.138. The van der Waals surface area contributed by atoms with Gasteiger partial charge in [-0.1, -0.05) is 18.2 Å². The van der Waals surface area contributed by atoms with Crippen LogP contribution in [0.15, 0.2) is 24.3 Å². The van der Waals surface area contributed by atoms with Crippen molar-refractivity contribution in [1.82, 2.24) is 14.8 Å². The molecule has 0 radical (unpaired) electrons. The van der Waals surface area contributed by atoms with Gasteiger partial charge in [0.25, 0.3) is 0 Å². The molecule has 1 aliphatic heterocycles. The van der Waals surface area contributed by atoms with E-state index in [2.05, 4.69) is 10.1 Å². The molecule has 7 heteroatoms. The smallest absolute Gasteiger partial charge is 0.394 e. The monoisotopic (exact) mass is 311 g/mol. The van der Waals surface area contributed by atoms with E-state index in [-0.39, 0.29) is 24.6 Å². The normalized spacial score (nSPS) is 18.3. The van der Waals surface area contributed by atoms with E-state index in [1.807, 2.05) is 0 Å². The molecule has 0 bridgehead atoms. The maximum Gasteiger partial charge on any atom is 0.416 e. The van der Waals surface area contributed by atoms with Crippen LogP contribution in [0.4, 0.5) is 13.2 Å². The van der Waals surface area contributed by atoms with Crippen LogP contribution in [0.1, 0.15) is 41.7 Å². The predicted molar refractivity (Wildman–Crippen MR) is 73.3 cm³/mol. The summed E-state index contributed by atoms with van der Waals surface area (Å²) in [4.78, 5) is 4.34. The first-order valence-electron chi connectivity index (χ1n) is 7.19. The Kier molecular flexibility index (Phi) is 3.90. The third-order valence-electron chi connectivity index (χ3n) is 3.91. The summed E-state index contributed by atoms with van der Waals surface area (Å²) < 4.78 is 40.7. The fraction of sp³-hybridized carbons (Fsp3) is 0.467. The van der Waals surface area contributed by atoms with Gasteiger partial charge in [0, 0.05) is 12.8 Å². The SMILES string of the molecule is OCC1CCCc2nc(Cc3ccccc3C(F)(F)F)nn21. The number of fused-ring (bicyclic) bond motifs is 1. The van der Waals surface area contributed by atoms with E-state index in [0.29, 0.717) is 5.82 Å². The summed E-state index contributed by atoms with van der Waals surface area (Å²) >= 11 is 0. The zero-order valence-electron chi connectivity index (χ0n) is 11.8. The van der Waals surface area contributed by atoms with E-state index in [4.69, 9.17) is 0 Å². The van der Waals surface area contributed by atoms with Crippen molar-refractivity contribution < 1.29 is 18.3 Å². The van der Waals surface area contributed by atoms with Crippen molar-refractivity contribution >= 4 is 0 Å². The molecule has 4 nitrogen and oxygen atoms in total. The van der Waals surface area contributed by atoms with Gasteiger partial charge in [0.15, 0.2) is 5.82 Å². The van der Waals surface area contributed by atoms with Crippen molar-refractivity contribution in [2.45, 2.75) is 37.9 Å². The summed E-state index contributed by atoms with van der Waals surface area (Å²) in [6.45, 7) is -0.0328. The Morgan fingerprint density at radius 1 is 1.27 bits per heavy atom. The molecule has 1 aromatic carbocycles. The molecule has 0 saturated carbocycles. The fourth-order valence-corrected chi connectivity index (χ4v) is 2.85. The fourth-order valence-electron chi connectivity index (χ4n) is 2.85. The summed E-state index contributed by atoms with van der Waals surface area (Å²) in [5, 5.41) is 13.6. The molecule has 0 spiro atoms. The van der Waals surface area contributed by atoms with Crippen LogP contribution in [0.5, 0.6) is 0 Å². The minimum atomic E-state index is -4.39. The van der Waals surface area contributed by atoms with E-state index < -0.39 is 11.7 Å². The molecule has 118 valence electrons. The number of hydrogen-bond donors (Lipinski definition) is 1. The lowest BCUT2D eigenvalue weighted by Crippen LogP contribution is -2.22. The minimum Gasteiger partial charge on any atom is -0.394 e. The van der Waals surface area contributed by atoms with E-state index in [1.165, 1.54) is 12.1 Å². The first kappa shape index (κ1) is 15.0. The number of hydrogen-bond acceptors (Lipinski definition) is 3. The van der Waals surface area contributed by atoms with E-state index in [1.54, 1.807) is 10.7 Å². The molecule has 1 aromatic heterocycles. The van der Waals surface area contributed by atoms with Gasteiger partial charge in [-0.25, -0.2) is 9.67 Å². The maximum absolute atomic E-state index is 13.0. The summed E-state index contributed by atoms with van der Waals surface area (Å²) in [6, 6.07) is 5.35. The maximum atomic E-state index is 13.0. The Labute approximate surface area is 125 Å². The molecule has 1 unspecified atom stereocenters. The quantitative estimate of drug-likeness (QED) is 0.948. The average molecular weight is 311 g/mol. The standard InChI is InChI=1S/C15H16F3N3O/c16-15(17,18)12-6-2-1-4-10(12)8-13-19-14-7-3-5-11(9-22)21(14)20-13/h1-2,4,6,11,22H,3,5,7-9H2. The summed E-state index contributed by atoms with van der Waals surface area (Å²) in [5.74, 6) is 1.11. The molecule has 1 N–H and O–H groups in total. The van der Waals surface area contributed by atoms with Crippen LogP contribution in [0.3, 0.4) is 0 Å². The van der Waals surface area contributed by atoms with E-state index in [0.717, 1.165) is 31.2 Å². The highest BCUT2D eigenvalue weighted by atomic mass is 19.4. The molecule has 2 heterocycles.